The summed E-state index contributed by atoms with van der Waals surface area (Å²) < 4.78 is 0. The van der Waals surface area contributed by atoms with Crippen LogP contribution in [0, 0.1) is 0 Å². The van der Waals surface area contributed by atoms with E-state index in [-0.39, 0.29) is 25.5 Å². The van der Waals surface area contributed by atoms with Gasteiger partial charge in [-0.1, -0.05) is 58.3 Å². The van der Waals surface area contributed by atoms with Crippen LogP contribution in [0.25, 0.3) is 0 Å². The molecule has 0 bridgehead atoms. The average Bonchev–Trinajstić information content (AvgIpc) is 2.63. The zero-order valence-corrected chi connectivity index (χ0v) is 16.4. The first-order valence-electron chi connectivity index (χ1n) is 10.0. The van der Waals surface area contributed by atoms with Crippen LogP contribution in [0.1, 0.15) is 71.1 Å². The molecule has 26 heavy (non-hydrogen) atoms. The van der Waals surface area contributed by atoms with E-state index in [4.69, 9.17) is 0 Å². The topological polar surface area (TPSA) is 74.8 Å². The van der Waals surface area contributed by atoms with Crippen molar-refractivity contribution >= 4 is 24.8 Å². The van der Waals surface area contributed by atoms with Crippen LogP contribution in [0.15, 0.2) is 0 Å². The van der Waals surface area contributed by atoms with Gasteiger partial charge in [0, 0.05) is 19.5 Å². The van der Waals surface area contributed by atoms with Crippen molar-refractivity contribution in [3.8, 4) is 0 Å². The zero-order valence-electron chi connectivity index (χ0n) is 16.4. The van der Waals surface area contributed by atoms with Gasteiger partial charge in [-0.3, -0.25) is 9.69 Å². The molecule has 0 radical (unpaired) electrons. The molecule has 0 aromatic carbocycles. The molecule has 6 nitrogen and oxygen atoms in total. The fourth-order valence-corrected chi connectivity index (χ4v) is 2.88. The number of carbonyl (C=O) groups is 4. The number of rotatable bonds is 19. The monoisotopic (exact) mass is 368 g/mol. The summed E-state index contributed by atoms with van der Waals surface area (Å²) in [5, 5.41) is 0. The maximum atomic E-state index is 12.3. The Morgan fingerprint density at radius 1 is 0.692 bits per heavy atom. The Morgan fingerprint density at radius 2 is 1.19 bits per heavy atom. The largest absolute Gasteiger partial charge is 0.334 e. The van der Waals surface area contributed by atoms with Gasteiger partial charge in [-0.05, 0) is 6.42 Å². The van der Waals surface area contributed by atoms with E-state index in [9.17, 15) is 19.2 Å². The lowest BCUT2D eigenvalue weighted by molar-refractivity contribution is -0.133. The van der Waals surface area contributed by atoms with E-state index in [1.807, 2.05) is 0 Å². The molecule has 6 heteroatoms. The smallest absolute Gasteiger partial charge is 0.222 e. The van der Waals surface area contributed by atoms with E-state index in [0.29, 0.717) is 19.5 Å². The van der Waals surface area contributed by atoms with Crippen LogP contribution in [0.2, 0.25) is 0 Å². The van der Waals surface area contributed by atoms with Crippen molar-refractivity contribution in [3.05, 3.63) is 0 Å². The van der Waals surface area contributed by atoms with Gasteiger partial charge in [-0.2, -0.15) is 0 Å². The van der Waals surface area contributed by atoms with Crippen LogP contribution in [0.5, 0.6) is 0 Å². The number of nitrogens with zero attached hydrogens (tertiary/aromatic N) is 2. The van der Waals surface area contributed by atoms with Crippen LogP contribution in [0.3, 0.4) is 0 Å². The molecule has 0 spiro atoms. The fraction of sp³-hybridized carbons (Fsp3) is 0.800. The average molecular weight is 369 g/mol. The number of amides is 1. The first kappa shape index (κ1) is 24.4. The van der Waals surface area contributed by atoms with Crippen LogP contribution in [-0.2, 0) is 19.2 Å². The number of hydrogen-bond donors (Lipinski definition) is 0. The fourth-order valence-electron chi connectivity index (χ4n) is 2.88. The summed E-state index contributed by atoms with van der Waals surface area (Å²) in [5.74, 6) is -0.0304. The molecule has 0 aromatic rings. The predicted octanol–water partition coefficient (Wildman–Crippen LogP) is 2.63. The highest BCUT2D eigenvalue weighted by Crippen LogP contribution is 2.11. The summed E-state index contributed by atoms with van der Waals surface area (Å²) in [6, 6.07) is 0. The van der Waals surface area contributed by atoms with E-state index in [2.05, 4.69) is 6.92 Å². The maximum Gasteiger partial charge on any atom is 0.222 e. The van der Waals surface area contributed by atoms with Crippen molar-refractivity contribution in [1.82, 2.24) is 9.80 Å². The molecule has 150 valence electrons. The van der Waals surface area contributed by atoms with E-state index in [0.717, 1.165) is 38.1 Å². The van der Waals surface area contributed by atoms with Crippen molar-refractivity contribution in [1.29, 1.82) is 0 Å². The third-order valence-corrected chi connectivity index (χ3v) is 4.49. The molecule has 1 amide bonds. The van der Waals surface area contributed by atoms with Crippen molar-refractivity contribution in [3.63, 3.8) is 0 Å². The second-order valence-corrected chi connectivity index (χ2v) is 6.68. The van der Waals surface area contributed by atoms with Crippen molar-refractivity contribution in [2.75, 3.05) is 32.7 Å². The molecular weight excluding hydrogens is 332 g/mol. The molecule has 0 saturated heterocycles. The highest BCUT2D eigenvalue weighted by atomic mass is 16.2. The highest BCUT2D eigenvalue weighted by Gasteiger charge is 2.14. The van der Waals surface area contributed by atoms with E-state index in [1.54, 1.807) is 4.90 Å². The molecule has 0 N–H and O–H groups in total. The van der Waals surface area contributed by atoms with Gasteiger partial charge in [0.05, 0.1) is 19.6 Å². The van der Waals surface area contributed by atoms with Crippen molar-refractivity contribution in [2.24, 2.45) is 0 Å². The molecule has 0 unspecified atom stereocenters. The standard InChI is InChI=1S/C20H36N2O4/c1-2-3-4-5-6-7-8-9-10-11-20(26)22(16-19-25)13-12-21(14-17-23)15-18-24/h17-19H,2-16H2,1H3. The molecule has 0 aliphatic heterocycles. The summed E-state index contributed by atoms with van der Waals surface area (Å²) >= 11 is 0. The summed E-state index contributed by atoms with van der Waals surface area (Å²) in [7, 11) is 0. The first-order valence-corrected chi connectivity index (χ1v) is 10.0. The van der Waals surface area contributed by atoms with Gasteiger partial charge >= 0.3 is 0 Å². The number of unbranched alkanes of at least 4 members (excludes halogenated alkanes) is 8. The van der Waals surface area contributed by atoms with E-state index in [1.165, 1.54) is 43.4 Å². The Kier molecular flexibility index (Phi) is 17.1. The summed E-state index contributed by atoms with van der Waals surface area (Å²) in [4.78, 5) is 47.5. The zero-order chi connectivity index (χ0) is 19.5. The molecule has 0 aliphatic rings. The second-order valence-electron chi connectivity index (χ2n) is 6.68. The van der Waals surface area contributed by atoms with Gasteiger partial charge in [0.1, 0.15) is 18.9 Å². The molecule has 0 aromatic heterocycles. The lowest BCUT2D eigenvalue weighted by Crippen LogP contribution is -2.40. The Hall–Kier alpha value is -1.56. The minimum absolute atomic E-state index is 0.0304. The molecule has 0 saturated carbocycles. The molecule has 0 heterocycles. The van der Waals surface area contributed by atoms with E-state index >= 15 is 0 Å². The third-order valence-electron chi connectivity index (χ3n) is 4.49. The minimum Gasteiger partial charge on any atom is -0.334 e. The SMILES string of the molecule is CCCCCCCCCCCC(=O)N(CC=O)CCN(CC=O)CC=O. The Bertz CT molecular complexity index is 378. The number of hydrogen-bond acceptors (Lipinski definition) is 5. The van der Waals surface area contributed by atoms with Crippen LogP contribution in [0.4, 0.5) is 0 Å². The maximum absolute atomic E-state index is 12.3. The van der Waals surface area contributed by atoms with Gasteiger partial charge in [-0.15, -0.1) is 0 Å². The van der Waals surface area contributed by atoms with E-state index < -0.39 is 0 Å². The lowest BCUT2D eigenvalue weighted by Gasteiger charge is -2.24. The Morgan fingerprint density at radius 3 is 1.69 bits per heavy atom. The summed E-state index contributed by atoms with van der Waals surface area (Å²) in [6.07, 6.45) is 13.4. The summed E-state index contributed by atoms with van der Waals surface area (Å²) in [6.45, 7) is 3.35. The predicted molar refractivity (Wildman–Crippen MR) is 103 cm³/mol. The third kappa shape index (κ3) is 13.7. The van der Waals surface area contributed by atoms with Gasteiger partial charge in [0.2, 0.25) is 5.91 Å². The second kappa shape index (κ2) is 18.2. The molecule has 0 fully saturated rings. The molecular formula is C20H36N2O4. The highest BCUT2D eigenvalue weighted by molar-refractivity contribution is 5.78. The van der Waals surface area contributed by atoms with Crippen LogP contribution >= 0.6 is 0 Å². The van der Waals surface area contributed by atoms with Gasteiger partial charge in [-0.25, -0.2) is 0 Å². The molecule has 0 rings (SSSR count). The number of carbonyl (C=O) groups excluding carboxylic acids is 4. The van der Waals surface area contributed by atoms with Gasteiger partial charge < -0.3 is 19.3 Å². The molecule has 0 atom stereocenters. The Labute approximate surface area is 158 Å². The molecule has 0 aliphatic carbocycles. The lowest BCUT2D eigenvalue weighted by atomic mass is 10.1. The minimum atomic E-state index is -0.0304. The van der Waals surface area contributed by atoms with Gasteiger partial charge in [0.25, 0.3) is 0 Å². The quantitative estimate of drug-likeness (QED) is 0.259. The number of aldehydes is 3. The van der Waals surface area contributed by atoms with Gasteiger partial charge in [0.15, 0.2) is 0 Å². The van der Waals surface area contributed by atoms with Crippen LogP contribution < -0.4 is 0 Å². The summed E-state index contributed by atoms with van der Waals surface area (Å²) in [5.41, 5.74) is 0. The first-order chi connectivity index (χ1) is 12.7. The normalized spacial score (nSPS) is 10.7. The van der Waals surface area contributed by atoms with Crippen molar-refractivity contribution in [2.45, 2.75) is 71.1 Å². The van der Waals surface area contributed by atoms with Crippen LogP contribution in [-0.4, -0.2) is 67.3 Å². The van der Waals surface area contributed by atoms with Crippen molar-refractivity contribution < 1.29 is 19.2 Å². The Balaban J connectivity index is 3.97.